The molecule has 7 heteroatoms. The van der Waals surface area contributed by atoms with E-state index in [1.165, 1.54) is 11.3 Å². The predicted octanol–water partition coefficient (Wildman–Crippen LogP) is 3.40. The highest BCUT2D eigenvalue weighted by Gasteiger charge is 2.31. The van der Waals surface area contributed by atoms with Crippen LogP contribution in [-0.4, -0.2) is 23.0 Å². The standard InChI is InChI=1S/C20H13N3O3S/c21-10-12-5-7-13(8-6-12)16-11-27-20(22-16)23-18(24)17-9-14-3-1-2-4-15(14)19(25)26-17/h1-8,11,17H,9H2,(H,22,23,24). The van der Waals surface area contributed by atoms with E-state index in [-0.39, 0.29) is 0 Å². The number of cyclic esters (lactones) is 1. The third-order valence-electron chi connectivity index (χ3n) is 4.23. The van der Waals surface area contributed by atoms with Gasteiger partial charge in [-0.05, 0) is 23.8 Å². The number of esters is 1. The second kappa shape index (κ2) is 7.02. The van der Waals surface area contributed by atoms with Crippen LogP contribution in [0.4, 0.5) is 5.13 Å². The second-order valence-corrected chi connectivity index (χ2v) is 6.83. The Bertz CT molecular complexity index is 1070. The van der Waals surface area contributed by atoms with Crippen LogP contribution in [-0.2, 0) is 16.0 Å². The van der Waals surface area contributed by atoms with Gasteiger partial charge in [-0.2, -0.15) is 5.26 Å². The van der Waals surface area contributed by atoms with Crippen molar-refractivity contribution in [1.29, 1.82) is 5.26 Å². The number of benzene rings is 2. The van der Waals surface area contributed by atoms with Crippen molar-refractivity contribution in [2.45, 2.75) is 12.5 Å². The van der Waals surface area contributed by atoms with Crippen molar-refractivity contribution < 1.29 is 14.3 Å². The molecule has 1 aromatic heterocycles. The number of rotatable bonds is 3. The summed E-state index contributed by atoms with van der Waals surface area (Å²) < 4.78 is 5.26. The molecule has 1 atom stereocenters. The van der Waals surface area contributed by atoms with Gasteiger partial charge < -0.3 is 4.74 Å². The van der Waals surface area contributed by atoms with Crippen LogP contribution in [0.25, 0.3) is 11.3 Å². The van der Waals surface area contributed by atoms with Crippen LogP contribution in [0.1, 0.15) is 21.5 Å². The van der Waals surface area contributed by atoms with Crippen molar-refractivity contribution in [3.8, 4) is 17.3 Å². The number of nitrogens with one attached hydrogen (secondary N) is 1. The lowest BCUT2D eigenvalue weighted by Crippen LogP contribution is -2.37. The first-order valence-electron chi connectivity index (χ1n) is 8.20. The number of carbonyl (C=O) groups is 2. The number of nitrogens with zero attached hydrogens (tertiary/aromatic N) is 2. The van der Waals surface area contributed by atoms with Gasteiger partial charge in [-0.3, -0.25) is 10.1 Å². The summed E-state index contributed by atoms with van der Waals surface area (Å²) >= 11 is 1.28. The van der Waals surface area contributed by atoms with Gasteiger partial charge in [0.15, 0.2) is 11.2 Å². The van der Waals surface area contributed by atoms with Crippen LogP contribution in [0.5, 0.6) is 0 Å². The van der Waals surface area contributed by atoms with E-state index in [4.69, 9.17) is 10.00 Å². The zero-order chi connectivity index (χ0) is 18.8. The summed E-state index contributed by atoms with van der Waals surface area (Å²) in [5, 5.41) is 13.8. The van der Waals surface area contributed by atoms with Crippen LogP contribution in [0.15, 0.2) is 53.9 Å². The summed E-state index contributed by atoms with van der Waals surface area (Å²) in [5.41, 5.74) is 3.42. The summed E-state index contributed by atoms with van der Waals surface area (Å²) in [6.07, 6.45) is -0.545. The lowest BCUT2D eigenvalue weighted by atomic mass is 9.98. The molecule has 6 nitrogen and oxygen atoms in total. The number of nitriles is 1. The lowest BCUT2D eigenvalue weighted by molar-refractivity contribution is -0.125. The fourth-order valence-corrected chi connectivity index (χ4v) is 3.57. The van der Waals surface area contributed by atoms with Crippen LogP contribution < -0.4 is 5.32 Å². The molecule has 1 amide bonds. The molecule has 2 heterocycles. The van der Waals surface area contributed by atoms with Gasteiger partial charge in [-0.15, -0.1) is 11.3 Å². The number of hydrogen-bond acceptors (Lipinski definition) is 6. The average molecular weight is 375 g/mol. The zero-order valence-electron chi connectivity index (χ0n) is 14.0. The molecule has 132 valence electrons. The van der Waals surface area contributed by atoms with Gasteiger partial charge in [0, 0.05) is 17.4 Å². The minimum absolute atomic E-state index is 0.335. The second-order valence-electron chi connectivity index (χ2n) is 5.97. The van der Waals surface area contributed by atoms with E-state index in [1.807, 2.05) is 17.5 Å². The van der Waals surface area contributed by atoms with E-state index in [1.54, 1.807) is 36.4 Å². The number of amides is 1. The monoisotopic (exact) mass is 375 g/mol. The summed E-state index contributed by atoms with van der Waals surface area (Å²) in [5.74, 6) is -0.895. The minimum Gasteiger partial charge on any atom is -0.448 e. The number of thiazole rings is 1. The van der Waals surface area contributed by atoms with Crippen LogP contribution in [0, 0.1) is 11.3 Å². The minimum atomic E-state index is -0.880. The van der Waals surface area contributed by atoms with Gasteiger partial charge in [-0.25, -0.2) is 9.78 Å². The highest BCUT2D eigenvalue weighted by molar-refractivity contribution is 7.14. The molecule has 27 heavy (non-hydrogen) atoms. The van der Waals surface area contributed by atoms with E-state index >= 15 is 0 Å². The fraction of sp³-hybridized carbons (Fsp3) is 0.100. The molecule has 4 rings (SSSR count). The summed E-state index contributed by atoms with van der Waals surface area (Å²) in [4.78, 5) is 28.9. The number of hydrogen-bond donors (Lipinski definition) is 1. The molecule has 0 spiro atoms. The summed E-state index contributed by atoms with van der Waals surface area (Å²) in [6.45, 7) is 0. The predicted molar refractivity (Wildman–Crippen MR) is 100 cm³/mol. The number of ether oxygens (including phenoxy) is 1. The first-order valence-corrected chi connectivity index (χ1v) is 9.08. The maximum Gasteiger partial charge on any atom is 0.339 e. The van der Waals surface area contributed by atoms with Crippen molar-refractivity contribution in [2.75, 3.05) is 5.32 Å². The van der Waals surface area contributed by atoms with Crippen molar-refractivity contribution in [3.05, 3.63) is 70.6 Å². The Morgan fingerprint density at radius 1 is 1.22 bits per heavy atom. The van der Waals surface area contributed by atoms with E-state index in [0.29, 0.717) is 28.4 Å². The van der Waals surface area contributed by atoms with Crippen LogP contribution >= 0.6 is 11.3 Å². The number of fused-ring (bicyclic) bond motifs is 1. The van der Waals surface area contributed by atoms with Gasteiger partial charge in [0.05, 0.1) is 22.9 Å². The topological polar surface area (TPSA) is 92.1 Å². The first kappa shape index (κ1) is 16.9. The Kier molecular flexibility index (Phi) is 4.40. The Balaban J connectivity index is 1.47. The van der Waals surface area contributed by atoms with E-state index in [9.17, 15) is 9.59 Å². The average Bonchev–Trinajstić information content (AvgIpc) is 3.16. The van der Waals surface area contributed by atoms with Gasteiger partial charge in [0.25, 0.3) is 5.91 Å². The number of aromatic nitrogens is 1. The Hall–Kier alpha value is -3.50. The largest absolute Gasteiger partial charge is 0.448 e. The molecule has 0 aliphatic carbocycles. The molecule has 0 radical (unpaired) electrons. The molecule has 1 unspecified atom stereocenters. The first-order chi connectivity index (χ1) is 13.1. The molecule has 0 fully saturated rings. The van der Waals surface area contributed by atoms with Crippen molar-refractivity contribution in [2.24, 2.45) is 0 Å². The van der Waals surface area contributed by atoms with Crippen molar-refractivity contribution >= 4 is 28.3 Å². The van der Waals surface area contributed by atoms with Crippen molar-refractivity contribution in [1.82, 2.24) is 4.98 Å². The van der Waals surface area contributed by atoms with E-state index in [2.05, 4.69) is 16.4 Å². The van der Waals surface area contributed by atoms with Crippen LogP contribution in [0.3, 0.4) is 0 Å². The normalized spacial score (nSPS) is 15.4. The molecular weight excluding hydrogens is 362 g/mol. The SMILES string of the molecule is N#Cc1ccc(-c2csc(NC(=O)C3Cc4ccccc4C(=O)O3)n2)cc1. The van der Waals surface area contributed by atoms with Gasteiger partial charge in [-0.1, -0.05) is 30.3 Å². The molecule has 0 bridgehead atoms. The molecule has 1 N–H and O–H groups in total. The third kappa shape index (κ3) is 3.43. The Morgan fingerprint density at radius 3 is 2.78 bits per heavy atom. The van der Waals surface area contributed by atoms with Crippen LogP contribution in [0.2, 0.25) is 0 Å². The number of anilines is 1. The fourth-order valence-electron chi connectivity index (χ4n) is 2.84. The third-order valence-corrected chi connectivity index (χ3v) is 4.99. The molecule has 1 aliphatic heterocycles. The summed E-state index contributed by atoms with van der Waals surface area (Å²) in [7, 11) is 0. The quantitative estimate of drug-likeness (QED) is 0.708. The maximum absolute atomic E-state index is 12.5. The molecule has 3 aromatic rings. The smallest absolute Gasteiger partial charge is 0.339 e. The Morgan fingerprint density at radius 2 is 2.00 bits per heavy atom. The molecule has 0 saturated carbocycles. The molecule has 2 aromatic carbocycles. The van der Waals surface area contributed by atoms with Gasteiger partial charge >= 0.3 is 5.97 Å². The van der Waals surface area contributed by atoms with E-state index in [0.717, 1.165) is 11.1 Å². The molecule has 0 saturated heterocycles. The summed E-state index contributed by atoms with van der Waals surface area (Å²) in [6, 6.07) is 16.2. The number of carbonyl (C=O) groups excluding carboxylic acids is 2. The maximum atomic E-state index is 12.5. The lowest BCUT2D eigenvalue weighted by Gasteiger charge is -2.23. The Labute approximate surface area is 159 Å². The molecular formula is C20H13N3O3S. The zero-order valence-corrected chi connectivity index (χ0v) is 14.8. The van der Waals surface area contributed by atoms with Crippen molar-refractivity contribution in [3.63, 3.8) is 0 Å². The van der Waals surface area contributed by atoms with Gasteiger partial charge in [0.1, 0.15) is 0 Å². The molecule has 1 aliphatic rings. The highest BCUT2D eigenvalue weighted by atomic mass is 32.1. The van der Waals surface area contributed by atoms with E-state index < -0.39 is 18.0 Å². The van der Waals surface area contributed by atoms with Gasteiger partial charge in [0.2, 0.25) is 0 Å². The highest BCUT2D eigenvalue weighted by Crippen LogP contribution is 2.26.